The molecule has 1 saturated heterocycles. The van der Waals surface area contributed by atoms with Crippen LogP contribution in [0.4, 0.5) is 10.6 Å². The molecule has 5 rings (SSSR count). The molecule has 1 aliphatic rings. The smallest absolute Gasteiger partial charge is 0.407 e. The summed E-state index contributed by atoms with van der Waals surface area (Å²) >= 11 is 9.02. The van der Waals surface area contributed by atoms with Crippen molar-refractivity contribution in [1.29, 1.82) is 10.5 Å². The maximum atomic E-state index is 12.1. The number of esters is 1. The highest BCUT2D eigenvalue weighted by molar-refractivity contribution is 7.98. The number of thiazole rings is 1. The lowest BCUT2D eigenvalue weighted by molar-refractivity contribution is -0.144. The lowest BCUT2D eigenvalue weighted by Gasteiger charge is -2.22. The number of anilines is 1. The highest BCUT2D eigenvalue weighted by Gasteiger charge is 2.26. The summed E-state index contributed by atoms with van der Waals surface area (Å²) in [5, 5.41) is 27.4. The zero-order valence-electron chi connectivity index (χ0n) is 28.5. The number of rotatable bonds is 13. The van der Waals surface area contributed by atoms with Gasteiger partial charge >= 0.3 is 12.1 Å². The van der Waals surface area contributed by atoms with Crippen molar-refractivity contribution in [3.8, 4) is 39.6 Å². The Balaban J connectivity index is 1.26. The van der Waals surface area contributed by atoms with E-state index in [0.717, 1.165) is 42.2 Å². The van der Waals surface area contributed by atoms with E-state index >= 15 is 0 Å². The summed E-state index contributed by atoms with van der Waals surface area (Å²) in [6, 6.07) is 19.3. The quantitative estimate of drug-likeness (QED) is 0.0806. The molecule has 1 N–H and O–H groups in total. The third-order valence-electron chi connectivity index (χ3n) is 7.53. The van der Waals surface area contributed by atoms with Gasteiger partial charge in [-0.3, -0.25) is 4.79 Å². The van der Waals surface area contributed by atoms with Gasteiger partial charge in [0.05, 0.1) is 17.7 Å². The molecule has 0 radical (unpaired) electrons. The average molecular weight is 745 g/mol. The van der Waals surface area contributed by atoms with E-state index in [1.807, 2.05) is 41.8 Å². The summed E-state index contributed by atoms with van der Waals surface area (Å²) in [7, 11) is 0. The van der Waals surface area contributed by atoms with Crippen LogP contribution in [0.5, 0.6) is 5.75 Å². The van der Waals surface area contributed by atoms with Crippen LogP contribution in [0.2, 0.25) is 5.02 Å². The van der Waals surface area contributed by atoms with Gasteiger partial charge in [0, 0.05) is 46.9 Å². The molecule has 0 unspecified atom stereocenters. The molecule has 4 aromatic rings. The summed E-state index contributed by atoms with van der Waals surface area (Å²) in [6.07, 6.45) is 1.40. The summed E-state index contributed by atoms with van der Waals surface area (Å²) in [4.78, 5) is 35.6. The third-order valence-corrected chi connectivity index (χ3v) is 9.73. The number of nitrogens with zero attached hydrogens (tertiary/aromatic N) is 5. The molecule has 264 valence electrons. The second-order valence-corrected chi connectivity index (χ2v) is 14.8. The Labute approximate surface area is 310 Å². The number of thioether (sulfide) groups is 1. The minimum absolute atomic E-state index is 0.00374. The molecule has 0 spiro atoms. The largest absolute Gasteiger partial charge is 0.490 e. The van der Waals surface area contributed by atoms with E-state index in [2.05, 4.69) is 22.4 Å². The first-order chi connectivity index (χ1) is 24.5. The van der Waals surface area contributed by atoms with E-state index < -0.39 is 17.7 Å². The van der Waals surface area contributed by atoms with E-state index in [1.165, 1.54) is 23.1 Å². The van der Waals surface area contributed by atoms with Crippen molar-refractivity contribution in [1.82, 2.24) is 15.3 Å². The van der Waals surface area contributed by atoms with Gasteiger partial charge in [-0.1, -0.05) is 47.6 Å². The van der Waals surface area contributed by atoms with E-state index in [0.29, 0.717) is 49.6 Å². The fourth-order valence-electron chi connectivity index (χ4n) is 5.24. The van der Waals surface area contributed by atoms with Gasteiger partial charge in [-0.05, 0) is 63.4 Å². The van der Waals surface area contributed by atoms with Crippen LogP contribution in [-0.4, -0.2) is 60.5 Å². The summed E-state index contributed by atoms with van der Waals surface area (Å²) in [5.74, 6) is 1.13. The van der Waals surface area contributed by atoms with Crippen molar-refractivity contribution >= 4 is 52.6 Å². The molecular weight excluding hydrogens is 708 g/mol. The van der Waals surface area contributed by atoms with Crippen LogP contribution in [-0.2, 0) is 20.0 Å². The predicted molar refractivity (Wildman–Crippen MR) is 198 cm³/mol. The fraction of sp³-hybridized carbons (Fsp3) is 0.351. The molecule has 0 aliphatic carbocycles. The lowest BCUT2D eigenvalue weighted by atomic mass is 9.96. The summed E-state index contributed by atoms with van der Waals surface area (Å²) in [5.41, 5.74) is 3.11. The Hall–Kier alpha value is -4.82. The maximum Gasteiger partial charge on any atom is 0.407 e. The number of nitrogens with one attached hydrogen (secondary N) is 1. The Morgan fingerprint density at radius 3 is 2.33 bits per heavy atom. The monoisotopic (exact) mass is 744 g/mol. The number of nitriles is 2. The Kier molecular flexibility index (Phi) is 12.8. The van der Waals surface area contributed by atoms with Gasteiger partial charge in [-0.15, -0.1) is 11.3 Å². The molecule has 51 heavy (non-hydrogen) atoms. The fourth-order valence-corrected chi connectivity index (χ4v) is 7.17. The van der Waals surface area contributed by atoms with Crippen molar-refractivity contribution in [2.75, 3.05) is 37.7 Å². The number of carbonyl (C=O) groups excluding carboxylic acids is 2. The molecule has 0 saturated carbocycles. The molecule has 0 atom stereocenters. The topological polar surface area (TPSA) is 150 Å². The first-order valence-electron chi connectivity index (χ1n) is 16.4. The van der Waals surface area contributed by atoms with Crippen molar-refractivity contribution in [2.24, 2.45) is 0 Å². The number of aromatic nitrogens is 2. The van der Waals surface area contributed by atoms with Gasteiger partial charge in [-0.25, -0.2) is 14.8 Å². The van der Waals surface area contributed by atoms with Gasteiger partial charge in [0.25, 0.3) is 0 Å². The standard InChI is InChI=1S/C37H37ClN6O5S2/c1-37(2,3)49-36(46)41-15-14-31(45)48-19-18-47-28-12-8-24(9-13-28)32-29(20-39)33(44-16-4-5-17-44)43-35(30(32)21-40)51-23-27-22-50-34(42-27)25-6-10-26(38)11-7-25/h6-13,22H,4-5,14-19,23H2,1-3H3,(H,41,46). The van der Waals surface area contributed by atoms with Gasteiger partial charge in [0.2, 0.25) is 0 Å². The van der Waals surface area contributed by atoms with Crippen molar-refractivity contribution < 1.29 is 23.8 Å². The molecule has 11 nitrogen and oxygen atoms in total. The van der Waals surface area contributed by atoms with Crippen LogP contribution in [0, 0.1) is 22.7 Å². The van der Waals surface area contributed by atoms with Gasteiger partial charge in [0.1, 0.15) is 58.1 Å². The van der Waals surface area contributed by atoms with Crippen LogP contribution in [0.3, 0.4) is 0 Å². The molecule has 1 aliphatic heterocycles. The van der Waals surface area contributed by atoms with Gasteiger partial charge in [-0.2, -0.15) is 10.5 Å². The van der Waals surface area contributed by atoms with Gasteiger partial charge < -0.3 is 24.4 Å². The SMILES string of the molecule is CC(C)(C)OC(=O)NCCC(=O)OCCOc1ccc(-c2c(C#N)c(SCc3csc(-c4ccc(Cl)cc4)n3)nc(N3CCCC3)c2C#N)cc1. The highest BCUT2D eigenvalue weighted by atomic mass is 35.5. The average Bonchev–Trinajstić information content (AvgIpc) is 3.82. The molecule has 2 aromatic heterocycles. The lowest BCUT2D eigenvalue weighted by Crippen LogP contribution is -2.33. The number of hydrogen-bond acceptors (Lipinski definition) is 12. The number of amides is 1. The van der Waals surface area contributed by atoms with E-state index in [4.69, 9.17) is 35.8 Å². The highest BCUT2D eigenvalue weighted by Crippen LogP contribution is 2.40. The van der Waals surface area contributed by atoms with E-state index in [1.54, 1.807) is 32.9 Å². The molecular formula is C37H37ClN6O5S2. The van der Waals surface area contributed by atoms with Gasteiger partial charge in [0.15, 0.2) is 0 Å². The molecule has 2 aromatic carbocycles. The number of pyridine rings is 1. The minimum Gasteiger partial charge on any atom is -0.490 e. The Bertz CT molecular complexity index is 1930. The normalized spacial score (nSPS) is 12.5. The number of alkyl carbamates (subject to hydrolysis) is 1. The maximum absolute atomic E-state index is 12.1. The van der Waals surface area contributed by atoms with E-state index in [-0.39, 0.29) is 26.2 Å². The number of ether oxygens (including phenoxy) is 3. The molecule has 0 bridgehead atoms. The van der Waals surface area contributed by atoms with Crippen LogP contribution in [0.15, 0.2) is 58.9 Å². The first-order valence-corrected chi connectivity index (χ1v) is 18.6. The number of halogens is 1. The van der Waals surface area contributed by atoms with Crippen LogP contribution in [0.1, 0.15) is 56.9 Å². The van der Waals surface area contributed by atoms with Crippen LogP contribution >= 0.6 is 34.7 Å². The second-order valence-electron chi connectivity index (χ2n) is 12.5. The second kappa shape index (κ2) is 17.4. The molecule has 1 amide bonds. The Morgan fingerprint density at radius 2 is 1.67 bits per heavy atom. The number of benzene rings is 2. The Morgan fingerprint density at radius 1 is 0.980 bits per heavy atom. The predicted octanol–water partition coefficient (Wildman–Crippen LogP) is 8.00. The van der Waals surface area contributed by atoms with Crippen LogP contribution < -0.4 is 15.0 Å². The van der Waals surface area contributed by atoms with Crippen molar-refractivity contribution in [2.45, 2.75) is 56.4 Å². The molecule has 14 heteroatoms. The minimum atomic E-state index is -0.625. The van der Waals surface area contributed by atoms with Crippen molar-refractivity contribution in [3.05, 3.63) is 75.8 Å². The van der Waals surface area contributed by atoms with E-state index in [9.17, 15) is 20.1 Å². The number of carbonyl (C=O) groups is 2. The summed E-state index contributed by atoms with van der Waals surface area (Å²) in [6.45, 7) is 7.07. The third kappa shape index (κ3) is 10.4. The molecule has 3 heterocycles. The van der Waals surface area contributed by atoms with Crippen LogP contribution in [0.25, 0.3) is 21.7 Å². The zero-order valence-corrected chi connectivity index (χ0v) is 30.9. The molecule has 1 fully saturated rings. The van der Waals surface area contributed by atoms with Crippen molar-refractivity contribution in [3.63, 3.8) is 0 Å². The first kappa shape index (κ1) is 37.4. The zero-order chi connectivity index (χ0) is 36.4. The number of hydrogen-bond donors (Lipinski definition) is 1. The summed E-state index contributed by atoms with van der Waals surface area (Å²) < 4.78 is 16.1.